The van der Waals surface area contributed by atoms with Crippen LogP contribution in [0.25, 0.3) is 16.5 Å². The van der Waals surface area contributed by atoms with E-state index in [9.17, 15) is 4.39 Å². The van der Waals surface area contributed by atoms with Gasteiger partial charge in [0.15, 0.2) is 0 Å². The van der Waals surface area contributed by atoms with E-state index in [4.69, 9.17) is 5.73 Å². The molecule has 2 nitrogen and oxygen atoms in total. The molecule has 1 heterocycles. The van der Waals surface area contributed by atoms with Gasteiger partial charge < -0.3 is 11.1 Å². The summed E-state index contributed by atoms with van der Waals surface area (Å²) in [5, 5.41) is 6.75. The summed E-state index contributed by atoms with van der Waals surface area (Å²) in [7, 11) is 0. The van der Waals surface area contributed by atoms with Crippen LogP contribution in [0.2, 0.25) is 0 Å². The lowest BCUT2D eigenvalue weighted by atomic mass is 10.0. The van der Waals surface area contributed by atoms with Gasteiger partial charge in [0.1, 0.15) is 5.82 Å². The highest BCUT2D eigenvalue weighted by Gasteiger charge is 2.17. The Morgan fingerprint density at radius 2 is 2.05 bits per heavy atom. The van der Waals surface area contributed by atoms with Crippen LogP contribution in [0.5, 0.6) is 0 Å². The van der Waals surface area contributed by atoms with Crippen molar-refractivity contribution in [3.8, 4) is 0 Å². The quantitative estimate of drug-likeness (QED) is 0.886. The van der Waals surface area contributed by atoms with E-state index in [2.05, 4.69) is 11.9 Å². The van der Waals surface area contributed by atoms with Crippen molar-refractivity contribution in [1.82, 2.24) is 5.32 Å². The molecule has 4 heteroatoms. The molecule has 0 aromatic heterocycles. The lowest BCUT2D eigenvalue weighted by Gasteiger charge is -2.12. The van der Waals surface area contributed by atoms with E-state index in [-0.39, 0.29) is 5.82 Å². The third-order valence-electron chi connectivity index (χ3n) is 3.97. The number of thioether (sulfide) groups is 1. The Bertz CT molecular complexity index is 733. The average molecular weight is 314 g/mol. The Morgan fingerprint density at radius 1 is 1.27 bits per heavy atom. The van der Waals surface area contributed by atoms with Gasteiger partial charge in [-0.15, -0.1) is 0 Å². The molecule has 0 amide bonds. The molecule has 0 saturated carbocycles. The molecule has 1 fully saturated rings. The molecule has 0 radical (unpaired) electrons. The van der Waals surface area contributed by atoms with Gasteiger partial charge in [0, 0.05) is 22.7 Å². The van der Waals surface area contributed by atoms with Crippen LogP contribution in [0.1, 0.15) is 18.4 Å². The van der Waals surface area contributed by atoms with Crippen LogP contribution < -0.4 is 11.1 Å². The van der Waals surface area contributed by atoms with Gasteiger partial charge in [0.25, 0.3) is 0 Å². The number of hydrogen-bond acceptors (Lipinski definition) is 3. The van der Waals surface area contributed by atoms with Crippen LogP contribution in [-0.4, -0.2) is 12.6 Å². The predicted octanol–water partition coefficient (Wildman–Crippen LogP) is 4.23. The van der Waals surface area contributed by atoms with Crippen LogP contribution >= 0.6 is 11.8 Å². The third-order valence-corrected chi connectivity index (χ3v) is 4.93. The van der Waals surface area contributed by atoms with Gasteiger partial charge in [-0.2, -0.15) is 0 Å². The van der Waals surface area contributed by atoms with Crippen molar-refractivity contribution in [3.63, 3.8) is 0 Å². The molecule has 1 atom stereocenters. The molecular formula is C18H19FN2S. The smallest absolute Gasteiger partial charge is 0.131 e. The molecule has 2 aromatic carbocycles. The zero-order chi connectivity index (χ0) is 15.5. The number of nitrogens with one attached hydrogen (secondary N) is 1. The fraction of sp³-hybridized carbons (Fsp3) is 0.222. The van der Waals surface area contributed by atoms with E-state index in [1.807, 2.05) is 23.6 Å². The topological polar surface area (TPSA) is 38.0 Å². The standard InChI is InChI=1S/C18H19FN2S/c1-12(18-7-4-10-21-18)22-11-17(20)15-8-9-16(19)14-6-3-2-5-13(14)15/h2-3,5-6,8-9,11,18,21H,1,4,7,10,20H2/b17-11-/t18-/m0/s1. The molecule has 114 valence electrons. The summed E-state index contributed by atoms with van der Waals surface area (Å²) in [6.45, 7) is 5.17. The van der Waals surface area contributed by atoms with Gasteiger partial charge >= 0.3 is 0 Å². The van der Waals surface area contributed by atoms with Crippen molar-refractivity contribution in [2.75, 3.05) is 6.54 Å². The molecular weight excluding hydrogens is 295 g/mol. The summed E-state index contributed by atoms with van der Waals surface area (Å²) in [6.07, 6.45) is 2.31. The van der Waals surface area contributed by atoms with Crippen LogP contribution in [0, 0.1) is 5.82 Å². The van der Waals surface area contributed by atoms with Crippen molar-refractivity contribution >= 4 is 28.2 Å². The first-order valence-corrected chi connectivity index (χ1v) is 8.27. The number of fused-ring (bicyclic) bond motifs is 1. The van der Waals surface area contributed by atoms with E-state index in [0.29, 0.717) is 17.1 Å². The van der Waals surface area contributed by atoms with E-state index in [1.165, 1.54) is 12.5 Å². The Hall–Kier alpha value is -1.78. The van der Waals surface area contributed by atoms with Gasteiger partial charge in [-0.25, -0.2) is 4.39 Å². The first kappa shape index (κ1) is 15.1. The second-order valence-electron chi connectivity index (χ2n) is 5.45. The Kier molecular flexibility index (Phi) is 4.50. The minimum absolute atomic E-state index is 0.223. The molecule has 22 heavy (non-hydrogen) atoms. The fourth-order valence-corrected chi connectivity index (χ4v) is 3.53. The van der Waals surface area contributed by atoms with E-state index in [0.717, 1.165) is 28.8 Å². The second-order valence-corrected chi connectivity index (χ2v) is 6.44. The molecule has 1 saturated heterocycles. The van der Waals surface area contributed by atoms with Crippen molar-refractivity contribution in [3.05, 3.63) is 64.7 Å². The highest BCUT2D eigenvalue weighted by Crippen LogP contribution is 2.29. The monoisotopic (exact) mass is 314 g/mol. The van der Waals surface area contributed by atoms with Crippen molar-refractivity contribution in [1.29, 1.82) is 0 Å². The predicted molar refractivity (Wildman–Crippen MR) is 93.8 cm³/mol. The maximum Gasteiger partial charge on any atom is 0.131 e. The molecule has 0 spiro atoms. The highest BCUT2D eigenvalue weighted by molar-refractivity contribution is 8.06. The first-order valence-electron chi connectivity index (χ1n) is 7.39. The molecule has 0 bridgehead atoms. The minimum atomic E-state index is -0.223. The van der Waals surface area contributed by atoms with Crippen LogP contribution in [0.3, 0.4) is 0 Å². The summed E-state index contributed by atoms with van der Waals surface area (Å²) >= 11 is 1.55. The third kappa shape index (κ3) is 3.03. The normalized spacial score (nSPS) is 18.8. The summed E-state index contributed by atoms with van der Waals surface area (Å²) < 4.78 is 13.9. The Morgan fingerprint density at radius 3 is 2.77 bits per heavy atom. The molecule has 1 aliphatic heterocycles. The molecule has 0 unspecified atom stereocenters. The van der Waals surface area contributed by atoms with Gasteiger partial charge in [0.05, 0.1) is 0 Å². The largest absolute Gasteiger partial charge is 0.398 e. The molecule has 2 aromatic rings. The van der Waals surface area contributed by atoms with Crippen molar-refractivity contribution < 1.29 is 4.39 Å². The van der Waals surface area contributed by atoms with Crippen molar-refractivity contribution in [2.24, 2.45) is 5.73 Å². The summed E-state index contributed by atoms with van der Waals surface area (Å²) in [5.41, 5.74) is 7.71. The van der Waals surface area contributed by atoms with E-state index < -0.39 is 0 Å². The van der Waals surface area contributed by atoms with Gasteiger partial charge in [0.2, 0.25) is 0 Å². The number of benzene rings is 2. The lowest BCUT2D eigenvalue weighted by Crippen LogP contribution is -2.21. The lowest BCUT2D eigenvalue weighted by molar-refractivity contribution is 0.640. The van der Waals surface area contributed by atoms with Crippen LogP contribution in [0.15, 0.2) is 53.3 Å². The zero-order valence-corrected chi connectivity index (χ0v) is 13.1. The maximum atomic E-state index is 13.9. The van der Waals surface area contributed by atoms with E-state index in [1.54, 1.807) is 23.9 Å². The minimum Gasteiger partial charge on any atom is -0.398 e. The number of nitrogens with two attached hydrogens (primary N) is 1. The maximum absolute atomic E-state index is 13.9. The summed E-state index contributed by atoms with van der Waals surface area (Å²) in [4.78, 5) is 1.08. The summed E-state index contributed by atoms with van der Waals surface area (Å²) in [6, 6.07) is 11.0. The number of halogens is 1. The number of hydrogen-bond donors (Lipinski definition) is 2. The Labute approximate surface area is 134 Å². The van der Waals surface area contributed by atoms with Crippen molar-refractivity contribution in [2.45, 2.75) is 18.9 Å². The van der Waals surface area contributed by atoms with Crippen LogP contribution in [0.4, 0.5) is 4.39 Å². The molecule has 0 aliphatic carbocycles. The summed E-state index contributed by atoms with van der Waals surface area (Å²) in [5.74, 6) is -0.223. The highest BCUT2D eigenvalue weighted by atomic mass is 32.2. The zero-order valence-electron chi connectivity index (χ0n) is 12.3. The molecule has 3 N–H and O–H groups in total. The second kappa shape index (κ2) is 6.55. The van der Waals surface area contributed by atoms with Gasteiger partial charge in [-0.3, -0.25) is 0 Å². The van der Waals surface area contributed by atoms with Gasteiger partial charge in [-0.1, -0.05) is 42.6 Å². The van der Waals surface area contributed by atoms with Gasteiger partial charge in [-0.05, 0) is 47.2 Å². The fourth-order valence-electron chi connectivity index (χ4n) is 2.76. The number of rotatable bonds is 4. The average Bonchev–Trinajstić information content (AvgIpc) is 3.07. The molecule has 1 aliphatic rings. The first-order chi connectivity index (χ1) is 10.7. The molecule has 3 rings (SSSR count). The SMILES string of the molecule is C=C(S/C=C(\N)c1ccc(F)c2ccccc12)[C@@H]1CCCN1. The van der Waals surface area contributed by atoms with E-state index >= 15 is 0 Å². The van der Waals surface area contributed by atoms with Crippen LogP contribution in [-0.2, 0) is 0 Å². The Balaban J connectivity index is 1.85.